The van der Waals surface area contributed by atoms with Gasteiger partial charge >= 0.3 is 0 Å². The molecule has 0 saturated heterocycles. The quantitative estimate of drug-likeness (QED) is 0.734. The molecule has 1 unspecified atom stereocenters. The minimum Gasteiger partial charge on any atom is -0.335 e. The van der Waals surface area contributed by atoms with Gasteiger partial charge in [0, 0.05) is 31.4 Å². The standard InChI is InChI=1S/C13H25N3/c1-4-7-13-15-9-11-16(13)10-6-8-12(5-2)14-3/h9,11-12,14H,4-8,10H2,1-3H3. The van der Waals surface area contributed by atoms with Crippen LogP contribution in [0.3, 0.4) is 0 Å². The first kappa shape index (κ1) is 13.2. The van der Waals surface area contributed by atoms with Gasteiger partial charge in [-0.3, -0.25) is 0 Å². The van der Waals surface area contributed by atoms with Gasteiger partial charge in [-0.25, -0.2) is 4.98 Å². The van der Waals surface area contributed by atoms with Gasteiger partial charge in [-0.15, -0.1) is 0 Å². The Morgan fingerprint density at radius 3 is 2.88 bits per heavy atom. The third kappa shape index (κ3) is 3.97. The van der Waals surface area contributed by atoms with Gasteiger partial charge in [0.15, 0.2) is 0 Å². The fourth-order valence-electron chi connectivity index (χ4n) is 2.06. The van der Waals surface area contributed by atoms with Crippen molar-refractivity contribution in [3.8, 4) is 0 Å². The molecule has 1 aromatic heterocycles. The molecular weight excluding hydrogens is 198 g/mol. The van der Waals surface area contributed by atoms with E-state index in [1.54, 1.807) is 0 Å². The van der Waals surface area contributed by atoms with Crippen LogP contribution in [0, 0.1) is 0 Å². The monoisotopic (exact) mass is 223 g/mol. The Hall–Kier alpha value is -0.830. The Morgan fingerprint density at radius 2 is 2.25 bits per heavy atom. The zero-order valence-corrected chi connectivity index (χ0v) is 10.9. The van der Waals surface area contributed by atoms with Crippen molar-refractivity contribution in [3.63, 3.8) is 0 Å². The number of hydrogen-bond donors (Lipinski definition) is 1. The zero-order valence-electron chi connectivity index (χ0n) is 10.9. The molecule has 0 aliphatic heterocycles. The summed E-state index contributed by atoms with van der Waals surface area (Å²) < 4.78 is 2.30. The first-order valence-electron chi connectivity index (χ1n) is 6.49. The van der Waals surface area contributed by atoms with E-state index in [9.17, 15) is 0 Å². The van der Waals surface area contributed by atoms with Crippen molar-refractivity contribution in [1.82, 2.24) is 14.9 Å². The average molecular weight is 223 g/mol. The molecule has 0 radical (unpaired) electrons. The highest BCUT2D eigenvalue weighted by Crippen LogP contribution is 2.06. The van der Waals surface area contributed by atoms with Gasteiger partial charge in [-0.1, -0.05) is 13.8 Å². The third-order valence-electron chi connectivity index (χ3n) is 3.13. The van der Waals surface area contributed by atoms with Crippen molar-refractivity contribution in [3.05, 3.63) is 18.2 Å². The van der Waals surface area contributed by atoms with Crippen molar-refractivity contribution in [2.24, 2.45) is 0 Å². The molecule has 0 aliphatic rings. The molecule has 1 aromatic rings. The van der Waals surface area contributed by atoms with E-state index in [1.165, 1.54) is 31.5 Å². The minimum absolute atomic E-state index is 0.665. The van der Waals surface area contributed by atoms with Crippen LogP contribution in [0.2, 0.25) is 0 Å². The van der Waals surface area contributed by atoms with Gasteiger partial charge in [0.1, 0.15) is 5.82 Å². The van der Waals surface area contributed by atoms with Gasteiger partial charge < -0.3 is 9.88 Å². The summed E-state index contributed by atoms with van der Waals surface area (Å²) in [5, 5.41) is 3.35. The van der Waals surface area contributed by atoms with E-state index in [4.69, 9.17) is 0 Å². The van der Waals surface area contributed by atoms with Gasteiger partial charge in [0.2, 0.25) is 0 Å². The number of nitrogens with zero attached hydrogens (tertiary/aromatic N) is 2. The number of aromatic nitrogens is 2. The molecular formula is C13H25N3. The largest absolute Gasteiger partial charge is 0.335 e. The summed E-state index contributed by atoms with van der Waals surface area (Å²) in [6, 6.07) is 0.665. The van der Waals surface area contributed by atoms with Crippen molar-refractivity contribution in [1.29, 1.82) is 0 Å². The van der Waals surface area contributed by atoms with Crippen LogP contribution in [0.15, 0.2) is 12.4 Å². The van der Waals surface area contributed by atoms with Crippen LogP contribution in [0.5, 0.6) is 0 Å². The maximum Gasteiger partial charge on any atom is 0.108 e. The Kier molecular flexibility index (Phi) is 6.16. The van der Waals surface area contributed by atoms with E-state index in [0.29, 0.717) is 6.04 Å². The van der Waals surface area contributed by atoms with E-state index >= 15 is 0 Å². The van der Waals surface area contributed by atoms with Crippen LogP contribution >= 0.6 is 0 Å². The normalized spacial score (nSPS) is 12.9. The van der Waals surface area contributed by atoms with Crippen molar-refractivity contribution < 1.29 is 0 Å². The van der Waals surface area contributed by atoms with Crippen LogP contribution in [0.1, 0.15) is 45.4 Å². The molecule has 1 atom stereocenters. The Morgan fingerprint density at radius 1 is 1.44 bits per heavy atom. The molecule has 0 amide bonds. The number of hydrogen-bond acceptors (Lipinski definition) is 2. The lowest BCUT2D eigenvalue weighted by molar-refractivity contribution is 0.464. The Balaban J connectivity index is 2.33. The molecule has 16 heavy (non-hydrogen) atoms. The summed E-state index contributed by atoms with van der Waals surface area (Å²) in [6.07, 6.45) is 9.97. The predicted octanol–water partition coefficient (Wildman–Crippen LogP) is 2.61. The molecule has 1 N–H and O–H groups in total. The summed E-state index contributed by atoms with van der Waals surface area (Å²) in [5.74, 6) is 1.24. The van der Waals surface area contributed by atoms with E-state index in [2.05, 4.69) is 34.9 Å². The number of aryl methyl sites for hydroxylation is 2. The fourth-order valence-corrected chi connectivity index (χ4v) is 2.06. The van der Waals surface area contributed by atoms with Crippen molar-refractivity contribution in [2.75, 3.05) is 7.05 Å². The average Bonchev–Trinajstić information content (AvgIpc) is 2.73. The molecule has 0 aliphatic carbocycles. The van der Waals surface area contributed by atoms with Crippen molar-refractivity contribution in [2.45, 2.75) is 58.5 Å². The zero-order chi connectivity index (χ0) is 11.8. The first-order valence-corrected chi connectivity index (χ1v) is 6.49. The highest BCUT2D eigenvalue weighted by molar-refractivity contribution is 4.92. The minimum atomic E-state index is 0.665. The van der Waals surface area contributed by atoms with E-state index < -0.39 is 0 Å². The number of rotatable bonds is 8. The predicted molar refractivity (Wildman–Crippen MR) is 68.6 cm³/mol. The summed E-state index contributed by atoms with van der Waals surface area (Å²) >= 11 is 0. The SMILES string of the molecule is CCCc1nccn1CCCC(CC)NC. The second kappa shape index (κ2) is 7.44. The van der Waals surface area contributed by atoms with Gasteiger partial charge in [-0.2, -0.15) is 0 Å². The molecule has 1 heterocycles. The van der Waals surface area contributed by atoms with Crippen molar-refractivity contribution >= 4 is 0 Å². The lowest BCUT2D eigenvalue weighted by Gasteiger charge is -2.14. The molecule has 0 bridgehead atoms. The molecule has 0 saturated carbocycles. The number of nitrogens with one attached hydrogen (secondary N) is 1. The number of imidazole rings is 1. The Bertz CT molecular complexity index is 276. The highest BCUT2D eigenvalue weighted by Gasteiger charge is 2.04. The van der Waals surface area contributed by atoms with Gasteiger partial charge in [0.05, 0.1) is 0 Å². The van der Waals surface area contributed by atoms with E-state index in [-0.39, 0.29) is 0 Å². The maximum atomic E-state index is 4.39. The van der Waals surface area contributed by atoms with Crippen LogP contribution in [-0.4, -0.2) is 22.6 Å². The molecule has 3 nitrogen and oxygen atoms in total. The summed E-state index contributed by atoms with van der Waals surface area (Å²) in [5.41, 5.74) is 0. The third-order valence-corrected chi connectivity index (χ3v) is 3.13. The molecule has 0 fully saturated rings. The lowest BCUT2D eigenvalue weighted by Crippen LogP contribution is -2.24. The lowest BCUT2D eigenvalue weighted by atomic mass is 10.1. The summed E-state index contributed by atoms with van der Waals surface area (Å²) in [7, 11) is 2.05. The van der Waals surface area contributed by atoms with Crippen LogP contribution < -0.4 is 5.32 Å². The second-order valence-corrected chi connectivity index (χ2v) is 4.32. The summed E-state index contributed by atoms with van der Waals surface area (Å²) in [4.78, 5) is 4.39. The highest BCUT2D eigenvalue weighted by atomic mass is 15.1. The first-order chi connectivity index (χ1) is 7.81. The summed E-state index contributed by atoms with van der Waals surface area (Å²) in [6.45, 7) is 5.54. The van der Waals surface area contributed by atoms with Gasteiger partial charge in [-0.05, 0) is 32.7 Å². The topological polar surface area (TPSA) is 29.9 Å². The van der Waals surface area contributed by atoms with E-state index in [0.717, 1.165) is 13.0 Å². The Labute approximate surface area is 99.3 Å². The molecule has 3 heteroatoms. The maximum absolute atomic E-state index is 4.39. The molecule has 92 valence electrons. The van der Waals surface area contributed by atoms with E-state index in [1.807, 2.05) is 13.2 Å². The van der Waals surface area contributed by atoms with Crippen LogP contribution in [0.4, 0.5) is 0 Å². The molecule has 1 rings (SSSR count). The van der Waals surface area contributed by atoms with Crippen LogP contribution in [-0.2, 0) is 13.0 Å². The molecule has 0 aromatic carbocycles. The van der Waals surface area contributed by atoms with Gasteiger partial charge in [0.25, 0.3) is 0 Å². The van der Waals surface area contributed by atoms with Crippen LogP contribution in [0.25, 0.3) is 0 Å². The molecule has 0 spiro atoms. The second-order valence-electron chi connectivity index (χ2n) is 4.32. The fraction of sp³-hybridized carbons (Fsp3) is 0.769. The smallest absolute Gasteiger partial charge is 0.108 e.